The van der Waals surface area contributed by atoms with Crippen LogP contribution in [0.4, 0.5) is 0 Å². The molecule has 1 aliphatic rings. The van der Waals surface area contributed by atoms with Crippen molar-refractivity contribution >= 4 is 12.2 Å². The molecule has 1 aliphatic heterocycles. The molecule has 0 radical (unpaired) electrons. The summed E-state index contributed by atoms with van der Waals surface area (Å²) in [7, 11) is 0. The van der Waals surface area contributed by atoms with Crippen molar-refractivity contribution in [2.45, 2.75) is 6.92 Å². The molecule has 1 heterocycles. The monoisotopic (exact) mass is 233 g/mol. The van der Waals surface area contributed by atoms with E-state index in [1.54, 1.807) is 23.1 Å². The van der Waals surface area contributed by atoms with E-state index < -0.39 is 0 Å². The van der Waals surface area contributed by atoms with E-state index in [4.69, 9.17) is 4.74 Å². The first-order valence-electron chi connectivity index (χ1n) is 5.65. The van der Waals surface area contributed by atoms with E-state index in [1.165, 1.54) is 0 Å². The van der Waals surface area contributed by atoms with Gasteiger partial charge in [-0.1, -0.05) is 6.07 Å². The van der Waals surface area contributed by atoms with Gasteiger partial charge in [0.25, 0.3) is 5.91 Å². The third-order valence-corrected chi connectivity index (χ3v) is 2.95. The van der Waals surface area contributed by atoms with Crippen molar-refractivity contribution in [2.24, 2.45) is 0 Å². The van der Waals surface area contributed by atoms with Crippen molar-refractivity contribution in [1.82, 2.24) is 4.90 Å². The summed E-state index contributed by atoms with van der Waals surface area (Å²) in [5, 5.41) is 0. The quantitative estimate of drug-likeness (QED) is 0.723. The maximum absolute atomic E-state index is 12.1. The summed E-state index contributed by atoms with van der Waals surface area (Å²) in [5.41, 5.74) is 2.03. The first-order valence-corrected chi connectivity index (χ1v) is 5.65. The average molecular weight is 233 g/mol. The fourth-order valence-corrected chi connectivity index (χ4v) is 1.85. The molecule has 0 aliphatic carbocycles. The van der Waals surface area contributed by atoms with E-state index in [1.807, 2.05) is 6.92 Å². The average Bonchev–Trinajstić information content (AvgIpc) is 2.39. The standard InChI is InChI=1S/C13H15NO3/c1-10-2-3-11(8-12(10)9-15)13(16)14-4-6-17-7-5-14/h2-3,8-9H,4-7H2,1H3. The highest BCUT2D eigenvalue weighted by molar-refractivity contribution is 5.96. The SMILES string of the molecule is Cc1ccc(C(=O)N2CCOCC2)cc1C=O. The number of carbonyl (C=O) groups is 2. The highest BCUT2D eigenvalue weighted by Gasteiger charge is 2.18. The fourth-order valence-electron chi connectivity index (χ4n) is 1.85. The maximum atomic E-state index is 12.1. The molecule has 1 aromatic carbocycles. The fraction of sp³-hybridized carbons (Fsp3) is 0.385. The number of aryl methyl sites for hydroxylation is 1. The van der Waals surface area contributed by atoms with Crippen LogP contribution in [0.2, 0.25) is 0 Å². The Hall–Kier alpha value is -1.68. The number of morpholine rings is 1. The molecule has 0 saturated carbocycles. The Morgan fingerprint density at radius 1 is 1.35 bits per heavy atom. The van der Waals surface area contributed by atoms with Crippen LogP contribution in [0.25, 0.3) is 0 Å². The zero-order chi connectivity index (χ0) is 12.3. The van der Waals surface area contributed by atoms with Gasteiger partial charge in [0.2, 0.25) is 0 Å². The summed E-state index contributed by atoms with van der Waals surface area (Å²) >= 11 is 0. The summed E-state index contributed by atoms with van der Waals surface area (Å²) in [6.07, 6.45) is 0.783. The topological polar surface area (TPSA) is 46.6 Å². The largest absolute Gasteiger partial charge is 0.378 e. The predicted molar refractivity (Wildman–Crippen MR) is 63.3 cm³/mol. The minimum Gasteiger partial charge on any atom is -0.378 e. The van der Waals surface area contributed by atoms with Gasteiger partial charge < -0.3 is 9.64 Å². The molecule has 1 saturated heterocycles. The van der Waals surface area contributed by atoms with Crippen molar-refractivity contribution in [3.05, 3.63) is 34.9 Å². The van der Waals surface area contributed by atoms with Crippen LogP contribution < -0.4 is 0 Å². The second-order valence-electron chi connectivity index (χ2n) is 4.09. The number of amides is 1. The number of nitrogens with zero attached hydrogens (tertiary/aromatic N) is 1. The van der Waals surface area contributed by atoms with E-state index >= 15 is 0 Å². The molecule has 2 rings (SSSR count). The molecule has 0 spiro atoms. The lowest BCUT2D eigenvalue weighted by Gasteiger charge is -2.27. The number of benzene rings is 1. The normalized spacial score (nSPS) is 15.7. The maximum Gasteiger partial charge on any atom is 0.254 e. The molecule has 0 atom stereocenters. The van der Waals surface area contributed by atoms with Crippen molar-refractivity contribution in [2.75, 3.05) is 26.3 Å². The highest BCUT2D eigenvalue weighted by Crippen LogP contribution is 2.12. The van der Waals surface area contributed by atoms with Crippen LogP contribution in [0.1, 0.15) is 26.3 Å². The summed E-state index contributed by atoms with van der Waals surface area (Å²) in [5.74, 6) is -0.0311. The van der Waals surface area contributed by atoms with Crippen LogP contribution in [0.5, 0.6) is 0 Å². The molecule has 0 aromatic heterocycles. The van der Waals surface area contributed by atoms with Crippen LogP contribution in [-0.4, -0.2) is 43.4 Å². The zero-order valence-corrected chi connectivity index (χ0v) is 9.81. The first-order chi connectivity index (χ1) is 8.22. The molecule has 0 bridgehead atoms. The molecule has 4 nitrogen and oxygen atoms in total. The van der Waals surface area contributed by atoms with E-state index in [2.05, 4.69) is 0 Å². The summed E-state index contributed by atoms with van der Waals surface area (Å²) in [6, 6.07) is 5.22. The predicted octanol–water partition coefficient (Wildman–Crippen LogP) is 1.28. The Morgan fingerprint density at radius 2 is 2.06 bits per heavy atom. The van der Waals surface area contributed by atoms with E-state index in [0.717, 1.165) is 11.8 Å². The van der Waals surface area contributed by atoms with Gasteiger partial charge in [-0.2, -0.15) is 0 Å². The number of carbonyl (C=O) groups excluding carboxylic acids is 2. The summed E-state index contributed by atoms with van der Waals surface area (Å²) in [6.45, 7) is 4.25. The second-order valence-corrected chi connectivity index (χ2v) is 4.09. The van der Waals surface area contributed by atoms with Crippen LogP contribution in [-0.2, 0) is 4.74 Å². The minimum absolute atomic E-state index is 0.0311. The third kappa shape index (κ3) is 2.53. The zero-order valence-electron chi connectivity index (χ0n) is 9.81. The Kier molecular flexibility index (Phi) is 3.54. The second kappa shape index (κ2) is 5.10. The van der Waals surface area contributed by atoms with Crippen molar-refractivity contribution in [1.29, 1.82) is 0 Å². The molecular formula is C13H15NO3. The Morgan fingerprint density at radius 3 is 2.71 bits per heavy atom. The van der Waals surface area contributed by atoms with Gasteiger partial charge in [0.15, 0.2) is 0 Å². The lowest BCUT2D eigenvalue weighted by molar-refractivity contribution is 0.0303. The smallest absolute Gasteiger partial charge is 0.254 e. The van der Waals surface area contributed by atoms with Gasteiger partial charge in [0.1, 0.15) is 6.29 Å². The van der Waals surface area contributed by atoms with Crippen molar-refractivity contribution in [3.63, 3.8) is 0 Å². The van der Waals surface area contributed by atoms with Crippen LogP contribution in [0, 0.1) is 6.92 Å². The molecule has 0 unspecified atom stereocenters. The molecule has 1 fully saturated rings. The summed E-state index contributed by atoms with van der Waals surface area (Å²) in [4.78, 5) is 24.7. The molecule has 1 aromatic rings. The lowest BCUT2D eigenvalue weighted by atomic mass is 10.1. The lowest BCUT2D eigenvalue weighted by Crippen LogP contribution is -2.40. The molecule has 0 N–H and O–H groups in total. The van der Waals surface area contributed by atoms with Gasteiger partial charge in [0.05, 0.1) is 13.2 Å². The van der Waals surface area contributed by atoms with Crippen molar-refractivity contribution in [3.8, 4) is 0 Å². The van der Waals surface area contributed by atoms with E-state index in [-0.39, 0.29) is 5.91 Å². The highest BCUT2D eigenvalue weighted by atomic mass is 16.5. The number of hydrogen-bond acceptors (Lipinski definition) is 3. The first kappa shape index (κ1) is 11.8. The van der Waals surface area contributed by atoms with Gasteiger partial charge in [-0.25, -0.2) is 0 Å². The molecule has 17 heavy (non-hydrogen) atoms. The van der Waals surface area contributed by atoms with Gasteiger partial charge >= 0.3 is 0 Å². The van der Waals surface area contributed by atoms with Gasteiger partial charge in [-0.05, 0) is 24.6 Å². The van der Waals surface area contributed by atoms with Gasteiger partial charge in [-0.15, -0.1) is 0 Å². The van der Waals surface area contributed by atoms with Crippen LogP contribution in [0.3, 0.4) is 0 Å². The van der Waals surface area contributed by atoms with E-state index in [9.17, 15) is 9.59 Å². The Bertz CT molecular complexity index is 436. The number of hydrogen-bond donors (Lipinski definition) is 0. The molecular weight excluding hydrogens is 218 g/mol. The summed E-state index contributed by atoms with van der Waals surface area (Å²) < 4.78 is 5.20. The Labute approximate surface area is 100 Å². The number of aldehydes is 1. The molecule has 90 valence electrons. The van der Waals surface area contributed by atoms with Gasteiger partial charge in [0, 0.05) is 24.2 Å². The van der Waals surface area contributed by atoms with Crippen LogP contribution >= 0.6 is 0 Å². The van der Waals surface area contributed by atoms with Crippen molar-refractivity contribution < 1.29 is 14.3 Å². The number of ether oxygens (including phenoxy) is 1. The van der Waals surface area contributed by atoms with E-state index in [0.29, 0.717) is 37.4 Å². The minimum atomic E-state index is -0.0311. The van der Waals surface area contributed by atoms with Gasteiger partial charge in [-0.3, -0.25) is 9.59 Å². The molecule has 4 heteroatoms. The number of rotatable bonds is 2. The Balaban J connectivity index is 2.21. The third-order valence-electron chi connectivity index (χ3n) is 2.95. The van der Waals surface area contributed by atoms with Crippen LogP contribution in [0.15, 0.2) is 18.2 Å². The molecule has 1 amide bonds.